The second-order valence-corrected chi connectivity index (χ2v) is 8.98. The van der Waals surface area contributed by atoms with Gasteiger partial charge in [-0.05, 0) is 50.3 Å². The van der Waals surface area contributed by atoms with Crippen LogP contribution in [0.3, 0.4) is 0 Å². The van der Waals surface area contributed by atoms with E-state index in [-0.39, 0.29) is 22.7 Å². The van der Waals surface area contributed by atoms with Crippen molar-refractivity contribution in [1.82, 2.24) is 0 Å². The van der Waals surface area contributed by atoms with Crippen LogP contribution in [0.4, 0.5) is 5.69 Å². The lowest BCUT2D eigenvalue weighted by Gasteiger charge is -2.47. The van der Waals surface area contributed by atoms with Crippen LogP contribution in [0, 0.1) is 0 Å². The molecule has 1 aliphatic heterocycles. The highest BCUT2D eigenvalue weighted by Crippen LogP contribution is 2.46. The Morgan fingerprint density at radius 1 is 1.13 bits per heavy atom. The lowest BCUT2D eigenvalue weighted by atomic mass is 9.79. The minimum absolute atomic E-state index is 0.0620. The number of anilines is 1. The van der Waals surface area contributed by atoms with Gasteiger partial charge in [0, 0.05) is 40.5 Å². The Balaban J connectivity index is 1.84. The minimum Gasteiger partial charge on any atom is -0.496 e. The lowest BCUT2D eigenvalue weighted by molar-refractivity contribution is 0.0990. The van der Waals surface area contributed by atoms with Crippen molar-refractivity contribution < 1.29 is 14.3 Å². The van der Waals surface area contributed by atoms with E-state index in [9.17, 15) is 9.59 Å². The fraction of sp³-hybridized carbons (Fsp3) is 0.385. The summed E-state index contributed by atoms with van der Waals surface area (Å²) < 4.78 is 5.71. The summed E-state index contributed by atoms with van der Waals surface area (Å²) in [6.45, 7) is 9.99. The monoisotopic (exact) mass is 403 g/mol. The van der Waals surface area contributed by atoms with Gasteiger partial charge in [-0.15, -0.1) is 0 Å². The number of benzene rings is 2. The molecule has 0 radical (unpaired) electrons. The number of ether oxygens (including phenoxy) is 1. The molecule has 0 spiro atoms. The largest absolute Gasteiger partial charge is 0.496 e. The fourth-order valence-corrected chi connectivity index (χ4v) is 5.02. The molecule has 156 valence electrons. The molecule has 0 amide bonds. The highest BCUT2D eigenvalue weighted by Gasteiger charge is 2.37. The van der Waals surface area contributed by atoms with Crippen LogP contribution >= 0.6 is 0 Å². The zero-order valence-corrected chi connectivity index (χ0v) is 18.4. The molecule has 0 N–H and O–H groups in total. The first-order valence-electron chi connectivity index (χ1n) is 10.7. The normalized spacial score (nSPS) is 19.6. The summed E-state index contributed by atoms with van der Waals surface area (Å²) in [7, 11) is 1.64. The maximum Gasteiger partial charge on any atom is 0.197 e. The van der Waals surface area contributed by atoms with Gasteiger partial charge >= 0.3 is 0 Å². The third-order valence-electron chi connectivity index (χ3n) is 6.39. The summed E-state index contributed by atoms with van der Waals surface area (Å²) in [6.07, 6.45) is 3.82. The molecule has 1 heterocycles. The summed E-state index contributed by atoms with van der Waals surface area (Å²) >= 11 is 0. The second kappa shape index (κ2) is 7.42. The lowest BCUT2D eigenvalue weighted by Crippen LogP contribution is -2.48. The summed E-state index contributed by atoms with van der Waals surface area (Å²) in [4.78, 5) is 28.2. The highest BCUT2D eigenvalue weighted by molar-refractivity contribution is 6.41. The first-order chi connectivity index (χ1) is 14.3. The molecule has 1 aliphatic carbocycles. The van der Waals surface area contributed by atoms with Gasteiger partial charge in [0.15, 0.2) is 11.6 Å². The Bertz CT molecular complexity index is 1030. The van der Waals surface area contributed by atoms with Crippen LogP contribution in [0.1, 0.15) is 78.3 Å². The number of allylic oxidation sites excluding steroid dienone is 1. The second-order valence-electron chi connectivity index (χ2n) is 8.98. The van der Waals surface area contributed by atoms with Gasteiger partial charge in [0.25, 0.3) is 0 Å². The molecule has 4 heteroatoms. The Kier molecular flexibility index (Phi) is 5.05. The van der Waals surface area contributed by atoms with Crippen molar-refractivity contribution in [3.63, 3.8) is 0 Å². The van der Waals surface area contributed by atoms with Gasteiger partial charge < -0.3 is 9.64 Å². The molecule has 30 heavy (non-hydrogen) atoms. The average molecular weight is 404 g/mol. The number of carbonyl (C=O) groups is 2. The van der Waals surface area contributed by atoms with E-state index in [1.165, 1.54) is 11.3 Å². The zero-order chi connectivity index (χ0) is 21.6. The molecule has 0 fully saturated rings. The molecule has 0 saturated carbocycles. The number of carbonyl (C=O) groups excluding carboxylic acids is 2. The molecular weight excluding hydrogens is 374 g/mol. The van der Waals surface area contributed by atoms with Gasteiger partial charge in [0.05, 0.1) is 12.7 Å². The molecular formula is C26H29NO3. The molecule has 1 unspecified atom stereocenters. The molecule has 4 rings (SSSR count). The molecule has 2 aromatic rings. The van der Waals surface area contributed by atoms with Gasteiger partial charge in [-0.2, -0.15) is 0 Å². The number of rotatable bonds is 4. The van der Waals surface area contributed by atoms with Crippen LogP contribution < -0.4 is 9.64 Å². The third kappa shape index (κ3) is 3.15. The first kappa shape index (κ1) is 20.4. The van der Waals surface area contributed by atoms with Gasteiger partial charge in [0.2, 0.25) is 0 Å². The summed E-state index contributed by atoms with van der Waals surface area (Å²) in [6, 6.07) is 11.2. The Hall–Kier alpha value is -2.88. The van der Waals surface area contributed by atoms with Crippen molar-refractivity contribution in [2.45, 2.75) is 52.0 Å². The molecule has 0 aromatic heterocycles. The van der Waals surface area contributed by atoms with E-state index in [0.29, 0.717) is 22.8 Å². The van der Waals surface area contributed by atoms with E-state index in [1.54, 1.807) is 37.5 Å². The first-order valence-corrected chi connectivity index (χ1v) is 10.7. The quantitative estimate of drug-likeness (QED) is 0.488. The predicted molar refractivity (Wildman–Crippen MR) is 121 cm³/mol. The third-order valence-corrected chi connectivity index (χ3v) is 6.39. The van der Waals surface area contributed by atoms with Crippen molar-refractivity contribution in [3.05, 3.63) is 64.2 Å². The fourth-order valence-electron chi connectivity index (χ4n) is 5.02. The number of hydrogen-bond acceptors (Lipinski definition) is 4. The topological polar surface area (TPSA) is 46.6 Å². The van der Waals surface area contributed by atoms with Crippen molar-refractivity contribution in [2.24, 2.45) is 0 Å². The van der Waals surface area contributed by atoms with Crippen LogP contribution in [0.5, 0.6) is 5.75 Å². The van der Waals surface area contributed by atoms with E-state index in [1.807, 2.05) is 0 Å². The van der Waals surface area contributed by atoms with E-state index < -0.39 is 0 Å². The standard InChI is InChI=1S/C26H29NO3/c1-6-11-27-22-14-23(30-5)17(12-20(22)16(2)15-26(27,3)4)13-21-24(28)18-9-7-8-10-19(18)25(21)29/h7-10,12-14,16H,6,11,15H2,1-5H3. The predicted octanol–water partition coefficient (Wildman–Crippen LogP) is 5.66. The molecule has 2 aromatic carbocycles. The molecule has 0 bridgehead atoms. The van der Waals surface area contributed by atoms with E-state index in [4.69, 9.17) is 4.74 Å². The van der Waals surface area contributed by atoms with Crippen molar-refractivity contribution >= 4 is 23.3 Å². The van der Waals surface area contributed by atoms with E-state index in [0.717, 1.165) is 24.9 Å². The minimum atomic E-state index is -0.211. The molecule has 2 aliphatic rings. The number of fused-ring (bicyclic) bond motifs is 2. The van der Waals surface area contributed by atoms with Crippen LogP contribution in [0.25, 0.3) is 6.08 Å². The van der Waals surface area contributed by atoms with Crippen LogP contribution in [-0.4, -0.2) is 30.8 Å². The van der Waals surface area contributed by atoms with Crippen molar-refractivity contribution in [3.8, 4) is 5.75 Å². The Morgan fingerprint density at radius 2 is 1.77 bits per heavy atom. The summed E-state index contributed by atoms with van der Waals surface area (Å²) in [5.74, 6) is 0.636. The summed E-state index contributed by atoms with van der Waals surface area (Å²) in [5, 5.41) is 0. The van der Waals surface area contributed by atoms with Gasteiger partial charge in [-0.3, -0.25) is 9.59 Å². The number of hydrogen-bond donors (Lipinski definition) is 0. The maximum absolute atomic E-state index is 12.8. The van der Waals surface area contributed by atoms with Crippen LogP contribution in [-0.2, 0) is 0 Å². The average Bonchev–Trinajstić information content (AvgIpc) is 2.95. The highest BCUT2D eigenvalue weighted by atomic mass is 16.5. The maximum atomic E-state index is 12.8. The number of nitrogens with zero attached hydrogens (tertiary/aromatic N) is 1. The van der Waals surface area contributed by atoms with Gasteiger partial charge in [0.1, 0.15) is 5.75 Å². The molecule has 1 atom stereocenters. The van der Waals surface area contributed by atoms with E-state index >= 15 is 0 Å². The summed E-state index contributed by atoms with van der Waals surface area (Å²) in [5.41, 5.74) is 4.45. The van der Waals surface area contributed by atoms with Crippen LogP contribution in [0.15, 0.2) is 42.0 Å². The number of ketones is 2. The van der Waals surface area contributed by atoms with Gasteiger partial charge in [-0.1, -0.05) is 38.1 Å². The SMILES string of the molecule is CCCN1c2cc(OC)c(C=C3C(=O)c4ccccc4C3=O)cc2C(C)CC1(C)C. The Labute approximate surface area is 178 Å². The smallest absolute Gasteiger partial charge is 0.197 e. The zero-order valence-electron chi connectivity index (χ0n) is 18.4. The van der Waals surface area contributed by atoms with E-state index in [2.05, 4.69) is 44.7 Å². The Morgan fingerprint density at radius 3 is 2.33 bits per heavy atom. The van der Waals surface area contributed by atoms with Gasteiger partial charge in [-0.25, -0.2) is 0 Å². The van der Waals surface area contributed by atoms with Crippen molar-refractivity contribution in [1.29, 1.82) is 0 Å². The van der Waals surface area contributed by atoms with Crippen LogP contribution in [0.2, 0.25) is 0 Å². The van der Waals surface area contributed by atoms with Crippen molar-refractivity contribution in [2.75, 3.05) is 18.6 Å². The number of methoxy groups -OCH3 is 1. The molecule has 0 saturated heterocycles. The number of Topliss-reactive ketones (excluding diaryl/α,β-unsaturated/α-hetero) is 2. The molecule has 4 nitrogen and oxygen atoms in total.